The first kappa shape index (κ1) is 71.8. The average molecular weight is 1510 g/mol. The van der Waals surface area contributed by atoms with Gasteiger partial charge in [-0.15, -0.1) is 0 Å². The van der Waals surface area contributed by atoms with Gasteiger partial charge >= 0.3 is 0 Å². The second-order valence-electron chi connectivity index (χ2n) is 34.6. The van der Waals surface area contributed by atoms with Gasteiger partial charge in [0, 0.05) is 77.9 Å². The van der Waals surface area contributed by atoms with Crippen molar-refractivity contribution in [2.75, 3.05) is 9.80 Å². The van der Waals surface area contributed by atoms with Gasteiger partial charge in [-0.3, -0.25) is 0 Å². The van der Waals surface area contributed by atoms with E-state index in [0.29, 0.717) is 0 Å². The molecule has 21 rings (SSSR count). The predicted octanol–water partition coefficient (Wildman–Crippen LogP) is 29.0. The molecule has 2 aromatic heterocycles. The second-order valence-corrected chi connectivity index (χ2v) is 34.6. The number of nitrogens with zero attached hydrogens (tertiary/aromatic N) is 4. The minimum Gasteiger partial charge on any atom is -0.310 e. The minimum absolute atomic E-state index is 0.0957. The highest BCUT2D eigenvalue weighted by Crippen LogP contribution is 2.56. The largest absolute Gasteiger partial charge is 0.310 e. The van der Waals surface area contributed by atoms with Gasteiger partial charge in [0.05, 0.1) is 33.4 Å². The molecule has 2 aliphatic heterocycles. The first-order chi connectivity index (χ1) is 57.6. The first-order valence-electron chi connectivity index (χ1n) is 41.7. The van der Waals surface area contributed by atoms with Crippen LogP contribution in [0.25, 0.3) is 144 Å². The van der Waals surface area contributed by atoms with E-state index in [1.54, 1.807) is 0 Å². The van der Waals surface area contributed by atoms with E-state index in [1.165, 1.54) is 99.1 Å². The molecule has 4 heterocycles. The number of rotatable bonds is 13. The number of aromatic nitrogens is 2. The summed E-state index contributed by atoms with van der Waals surface area (Å²) in [6, 6.07) is 147. The molecule has 118 heavy (non-hydrogen) atoms. The van der Waals surface area contributed by atoms with Gasteiger partial charge in [0.15, 0.2) is 0 Å². The van der Waals surface area contributed by atoms with Crippen LogP contribution in [0.4, 0.5) is 34.1 Å². The van der Waals surface area contributed by atoms with Crippen molar-refractivity contribution in [2.24, 2.45) is 0 Å². The van der Waals surface area contributed by atoms with E-state index in [2.05, 4.69) is 463 Å². The van der Waals surface area contributed by atoms with E-state index in [4.69, 9.17) is 0 Å². The van der Waals surface area contributed by atoms with Crippen molar-refractivity contribution in [3.05, 3.63) is 405 Å². The topological polar surface area (TPSA) is 16.3 Å². The maximum atomic E-state index is 2.74. The smallest absolute Gasteiger partial charge is 0.252 e. The molecule has 0 fully saturated rings. The van der Waals surface area contributed by atoms with Crippen LogP contribution >= 0.6 is 0 Å². The van der Waals surface area contributed by atoms with Gasteiger partial charge in [-0.1, -0.05) is 334 Å². The van der Waals surface area contributed by atoms with Crippen LogP contribution < -0.4 is 26.2 Å². The molecule has 0 unspecified atom stereocenters. The van der Waals surface area contributed by atoms with Crippen molar-refractivity contribution in [1.82, 2.24) is 9.13 Å². The van der Waals surface area contributed by atoms with Crippen molar-refractivity contribution in [1.29, 1.82) is 0 Å². The molecule has 0 atom stereocenters. The third-order valence-electron chi connectivity index (χ3n) is 24.9. The fourth-order valence-electron chi connectivity index (χ4n) is 18.9. The number of hydrogen-bond acceptors (Lipinski definition) is 2. The van der Waals surface area contributed by atoms with E-state index >= 15 is 0 Å². The SMILES string of the molecule is CC(C)c1cc2c3c(c1)N(c1c(-c4ccccc4)cc(C(C)(C)C)cc1-c1ccccc1)c1cc(-n4c5ccc(-c6ccccc6)cc5c5cc(-c6ccccc6)ccc54)ccc1B3c1ccc(-n3c4ccc(-c5ccccc5)cc4c4cc(-c5ccccc5)ccc43)cc1N2c1c(-c2ccccc2)cc(C(C)(C)C)cc1-c1ccccc1. The van der Waals surface area contributed by atoms with Crippen molar-refractivity contribution in [2.45, 2.75) is 72.1 Å². The summed E-state index contributed by atoms with van der Waals surface area (Å²) in [5, 5.41) is 4.80. The maximum absolute atomic E-state index is 2.74. The molecule has 2 aliphatic rings. The molecular formula is C113H89BN4. The van der Waals surface area contributed by atoms with Crippen molar-refractivity contribution < 1.29 is 0 Å². The van der Waals surface area contributed by atoms with Crippen LogP contribution in [0.3, 0.4) is 0 Å². The molecule has 5 heteroatoms. The van der Waals surface area contributed by atoms with E-state index in [-0.39, 0.29) is 23.5 Å². The summed E-state index contributed by atoms with van der Waals surface area (Å²) in [7, 11) is 0. The Hall–Kier alpha value is -14.0. The summed E-state index contributed by atoms with van der Waals surface area (Å²) in [5.74, 6) is 0.0957. The fraction of sp³-hybridized carbons (Fsp3) is 0.0973. The van der Waals surface area contributed by atoms with E-state index in [0.717, 1.165) is 112 Å². The summed E-state index contributed by atoms with van der Waals surface area (Å²) in [4.78, 5) is 5.49. The van der Waals surface area contributed by atoms with Gasteiger partial charge in [0.25, 0.3) is 6.71 Å². The van der Waals surface area contributed by atoms with Crippen LogP contribution in [0.1, 0.15) is 78.0 Å². The highest BCUT2D eigenvalue weighted by molar-refractivity contribution is 7.00. The van der Waals surface area contributed by atoms with Gasteiger partial charge < -0.3 is 18.9 Å². The number of benzene rings is 17. The monoisotopic (exact) mass is 1510 g/mol. The van der Waals surface area contributed by atoms with Crippen LogP contribution in [-0.4, -0.2) is 15.8 Å². The summed E-state index contributed by atoms with van der Waals surface area (Å²) < 4.78 is 5.10. The Morgan fingerprint density at radius 3 is 0.737 bits per heavy atom. The second kappa shape index (κ2) is 28.5. The average Bonchev–Trinajstić information content (AvgIpc) is 0.734. The van der Waals surface area contributed by atoms with Gasteiger partial charge in [0.2, 0.25) is 0 Å². The van der Waals surface area contributed by atoms with Gasteiger partial charge in [-0.05, 0) is 226 Å². The third kappa shape index (κ3) is 12.2. The molecule has 0 saturated carbocycles. The Morgan fingerprint density at radius 2 is 0.492 bits per heavy atom. The highest BCUT2D eigenvalue weighted by Gasteiger charge is 2.46. The summed E-state index contributed by atoms with van der Waals surface area (Å²) >= 11 is 0. The molecule has 19 aromatic rings. The van der Waals surface area contributed by atoms with E-state index in [1.807, 2.05) is 0 Å². The first-order valence-corrected chi connectivity index (χ1v) is 41.7. The number of hydrogen-bond donors (Lipinski definition) is 0. The Kier molecular flexibility index (Phi) is 17.3. The zero-order valence-electron chi connectivity index (χ0n) is 67.9. The molecule has 0 radical (unpaired) electrons. The normalized spacial score (nSPS) is 12.6. The zero-order valence-corrected chi connectivity index (χ0v) is 67.9. The highest BCUT2D eigenvalue weighted by atomic mass is 15.2. The Balaban J connectivity index is 0.913. The quantitative estimate of drug-likeness (QED) is 0.107. The summed E-state index contributed by atoms with van der Waals surface area (Å²) in [6.45, 7) is 18.7. The lowest BCUT2D eigenvalue weighted by Crippen LogP contribution is -2.61. The standard InChI is InChI=1S/C113H89BN4/c1-73(2)86-65-107-109-108(66-86)118(111-93(80-45-29-15-30-46-80)69-88(113(6,7)8)70-94(111)81-47-31-16-32-48-81)106-72-90(116-103-59-51-84(76-37-21-11-22-38-76)63-97(103)98-64-85(52-60-104(98)116)77-39-23-12-24-40-77)54-56-100(106)114(109)99-55-53-89(71-105(99)117(107)110-91(78-41-25-13-26-42-78)67-87(112(3,4)5)68-92(110)79-43-27-14-28-44-79)115-101-57-49-82(74-33-17-9-18-34-74)61-95(101)96-62-83(50-58-102(96)115)75-35-19-10-20-36-75/h9-73H,1-8H3. The van der Waals surface area contributed by atoms with Crippen LogP contribution in [-0.2, 0) is 10.8 Å². The Labute approximate surface area is 692 Å². The van der Waals surface area contributed by atoms with Crippen LogP contribution in [0.15, 0.2) is 388 Å². The minimum atomic E-state index is -0.282. The van der Waals surface area contributed by atoms with Crippen LogP contribution in [0.5, 0.6) is 0 Å². The maximum Gasteiger partial charge on any atom is 0.252 e. The third-order valence-corrected chi connectivity index (χ3v) is 24.9. The fourth-order valence-corrected chi connectivity index (χ4v) is 18.9. The van der Waals surface area contributed by atoms with Crippen LogP contribution in [0.2, 0.25) is 0 Å². The number of fused-ring (bicyclic) bond motifs is 10. The predicted molar refractivity (Wildman–Crippen MR) is 504 cm³/mol. The number of anilines is 6. The molecular weight excluding hydrogens is 1420 g/mol. The Bertz CT molecular complexity index is 6380. The molecule has 0 saturated heterocycles. The van der Waals surface area contributed by atoms with Gasteiger partial charge in [0.1, 0.15) is 0 Å². The zero-order chi connectivity index (χ0) is 79.7. The van der Waals surface area contributed by atoms with E-state index in [9.17, 15) is 0 Å². The molecule has 4 nitrogen and oxygen atoms in total. The summed E-state index contributed by atoms with van der Waals surface area (Å²) in [6.07, 6.45) is 0. The van der Waals surface area contributed by atoms with Crippen molar-refractivity contribution in [3.63, 3.8) is 0 Å². The lowest BCUT2D eigenvalue weighted by Gasteiger charge is -2.46. The molecule has 0 aliphatic carbocycles. The van der Waals surface area contributed by atoms with Gasteiger partial charge in [-0.25, -0.2) is 0 Å². The molecule has 17 aromatic carbocycles. The van der Waals surface area contributed by atoms with Crippen molar-refractivity contribution in [3.8, 4) is 100 Å². The Morgan fingerprint density at radius 1 is 0.237 bits per heavy atom. The van der Waals surface area contributed by atoms with Gasteiger partial charge in [-0.2, -0.15) is 0 Å². The lowest BCUT2D eigenvalue weighted by atomic mass is 9.33. The van der Waals surface area contributed by atoms with E-state index < -0.39 is 0 Å². The lowest BCUT2D eigenvalue weighted by molar-refractivity contribution is 0.590. The molecule has 0 amide bonds. The van der Waals surface area contributed by atoms with Crippen molar-refractivity contribution >= 4 is 101 Å². The van der Waals surface area contributed by atoms with Crippen LogP contribution in [0, 0.1) is 0 Å². The molecule has 0 N–H and O–H groups in total. The molecule has 0 spiro atoms. The molecule has 0 bridgehead atoms. The summed E-state index contributed by atoms with van der Waals surface area (Å²) in [5.41, 5.74) is 39.2. The molecule has 564 valence electrons.